The van der Waals surface area contributed by atoms with Crippen molar-refractivity contribution < 1.29 is 21.7 Å². The summed E-state index contributed by atoms with van der Waals surface area (Å²) in [4.78, 5) is 4.61. The number of nitrogens with zero attached hydrogens (tertiary/aromatic N) is 1. The van der Waals surface area contributed by atoms with Crippen molar-refractivity contribution in [1.29, 1.82) is 0 Å². The second kappa shape index (κ2) is 3.15. The van der Waals surface area contributed by atoms with E-state index in [2.05, 4.69) is 13.3 Å². The smallest absolute Gasteiger partial charge is 0.301 e. The molecule has 0 spiro atoms. The molecule has 2 rings (SSSR count). The van der Waals surface area contributed by atoms with E-state index in [4.69, 9.17) is 5.90 Å². The Morgan fingerprint density at radius 1 is 1.54 bits per heavy atom. The molecular formula is C5H10N2O5S. The van der Waals surface area contributed by atoms with Crippen molar-refractivity contribution in [3.8, 4) is 0 Å². The van der Waals surface area contributed by atoms with Gasteiger partial charge in [0, 0.05) is 13.0 Å². The molecule has 0 aromatic carbocycles. The number of piperidine rings is 1. The Kier molecular flexibility index (Phi) is 2.26. The summed E-state index contributed by atoms with van der Waals surface area (Å²) in [6.45, 7) is 0.436. The zero-order chi connectivity index (χ0) is 9.47. The third-order valence-electron chi connectivity index (χ3n) is 2.07. The van der Waals surface area contributed by atoms with Crippen molar-refractivity contribution >= 4 is 10.4 Å². The summed E-state index contributed by atoms with van der Waals surface area (Å²) in [7, 11) is -3.83. The van der Waals surface area contributed by atoms with E-state index in [-0.39, 0.29) is 6.10 Å². The van der Waals surface area contributed by atoms with Crippen molar-refractivity contribution in [2.24, 2.45) is 5.90 Å². The Balaban J connectivity index is 2.06. The minimum atomic E-state index is -3.83. The molecule has 2 fully saturated rings. The molecule has 2 N–H and O–H groups in total. The van der Waals surface area contributed by atoms with E-state index >= 15 is 0 Å². The third-order valence-corrected chi connectivity index (χ3v) is 2.90. The Bertz CT molecular complexity index is 291. The average Bonchev–Trinajstić information content (AvgIpc) is 2.36. The zero-order valence-electron chi connectivity index (χ0n) is 6.75. The molecule has 2 saturated heterocycles. The molecule has 0 bridgehead atoms. The van der Waals surface area contributed by atoms with Crippen LogP contribution in [0.2, 0.25) is 0 Å². The number of rotatable bonds is 1. The van der Waals surface area contributed by atoms with Crippen molar-refractivity contribution in [3.05, 3.63) is 0 Å². The second-order valence-corrected chi connectivity index (χ2v) is 4.11. The molecule has 0 aromatic heterocycles. The van der Waals surface area contributed by atoms with E-state index in [9.17, 15) is 8.42 Å². The van der Waals surface area contributed by atoms with Gasteiger partial charge in [0.2, 0.25) is 0 Å². The predicted octanol–water partition coefficient (Wildman–Crippen LogP) is -1.13. The Labute approximate surface area is 75.6 Å². The van der Waals surface area contributed by atoms with Crippen LogP contribution in [0.15, 0.2) is 0 Å². The molecule has 8 heteroatoms. The quantitative estimate of drug-likeness (QED) is 0.548. The molecule has 2 aliphatic heterocycles. The summed E-state index contributed by atoms with van der Waals surface area (Å²) < 4.78 is 30.8. The van der Waals surface area contributed by atoms with E-state index < -0.39 is 16.6 Å². The van der Waals surface area contributed by atoms with Crippen LogP contribution in [0, 0.1) is 0 Å². The van der Waals surface area contributed by atoms with Crippen LogP contribution in [0.4, 0.5) is 0 Å². The highest BCUT2D eigenvalue weighted by atomic mass is 32.3. The van der Waals surface area contributed by atoms with Gasteiger partial charge in [-0.25, -0.2) is 10.1 Å². The van der Waals surface area contributed by atoms with Crippen LogP contribution in [0.25, 0.3) is 0 Å². The second-order valence-electron chi connectivity index (χ2n) is 2.96. The van der Waals surface area contributed by atoms with Crippen LogP contribution in [0.1, 0.15) is 12.8 Å². The third kappa shape index (κ3) is 1.82. The van der Waals surface area contributed by atoms with Crippen LogP contribution < -0.4 is 5.90 Å². The zero-order valence-corrected chi connectivity index (χ0v) is 7.57. The maximum absolute atomic E-state index is 10.8. The van der Waals surface area contributed by atoms with Crippen LogP contribution in [-0.4, -0.2) is 32.4 Å². The normalized spacial score (nSPS) is 38.8. The highest BCUT2D eigenvalue weighted by Crippen LogP contribution is 2.28. The van der Waals surface area contributed by atoms with E-state index in [0.29, 0.717) is 19.4 Å². The van der Waals surface area contributed by atoms with Gasteiger partial charge in [0.1, 0.15) is 0 Å². The lowest BCUT2D eigenvalue weighted by Crippen LogP contribution is -2.41. The number of hydrogen-bond acceptors (Lipinski definition) is 7. The standard InChI is InChI=1S/C5H10N2O5S/c6-10-4-1-2-7-5(3-4)11-13(8,9)12-7/h4-5H,1-3,6H2. The molecule has 2 heterocycles. The van der Waals surface area contributed by atoms with Gasteiger partial charge >= 0.3 is 10.4 Å². The fourth-order valence-electron chi connectivity index (χ4n) is 1.44. The van der Waals surface area contributed by atoms with Gasteiger partial charge in [-0.2, -0.15) is 12.7 Å². The Morgan fingerprint density at radius 2 is 2.31 bits per heavy atom. The van der Waals surface area contributed by atoms with E-state index in [0.717, 1.165) is 0 Å². The number of hydrogen-bond donors (Lipinski definition) is 1. The van der Waals surface area contributed by atoms with Crippen LogP contribution in [-0.2, 0) is 23.7 Å². The summed E-state index contributed by atoms with van der Waals surface area (Å²) in [5.74, 6) is 4.99. The Hall–Kier alpha value is -0.250. The largest absolute Gasteiger partial charge is 0.418 e. The van der Waals surface area contributed by atoms with Gasteiger partial charge in [-0.1, -0.05) is 0 Å². The molecule has 0 radical (unpaired) electrons. The minimum Gasteiger partial charge on any atom is -0.301 e. The molecule has 2 aliphatic rings. The fourth-order valence-corrected chi connectivity index (χ4v) is 2.33. The van der Waals surface area contributed by atoms with Gasteiger partial charge in [-0.3, -0.25) is 0 Å². The van der Waals surface area contributed by atoms with Gasteiger partial charge in [-0.15, -0.1) is 5.06 Å². The van der Waals surface area contributed by atoms with Crippen molar-refractivity contribution in [1.82, 2.24) is 5.06 Å². The molecule has 2 unspecified atom stereocenters. The summed E-state index contributed by atoms with van der Waals surface area (Å²) in [5, 5.41) is 1.28. The van der Waals surface area contributed by atoms with Gasteiger partial charge in [0.15, 0.2) is 6.23 Å². The molecule has 0 aromatic rings. The molecule has 0 aliphatic carbocycles. The first kappa shape index (κ1) is 9.31. The lowest BCUT2D eigenvalue weighted by atomic mass is 10.1. The van der Waals surface area contributed by atoms with E-state index in [1.54, 1.807) is 0 Å². The lowest BCUT2D eigenvalue weighted by Gasteiger charge is -2.28. The number of nitrogens with two attached hydrogens (primary N) is 1. The predicted molar refractivity (Wildman–Crippen MR) is 39.9 cm³/mol. The summed E-state index contributed by atoms with van der Waals surface area (Å²) >= 11 is 0. The monoisotopic (exact) mass is 210 g/mol. The average molecular weight is 210 g/mol. The first-order chi connectivity index (χ1) is 6.11. The fraction of sp³-hybridized carbons (Fsp3) is 1.00. The summed E-state index contributed by atoms with van der Waals surface area (Å²) in [6, 6.07) is 0. The lowest BCUT2D eigenvalue weighted by molar-refractivity contribution is -0.149. The summed E-state index contributed by atoms with van der Waals surface area (Å²) in [6.07, 6.45) is 0.271. The minimum absolute atomic E-state index is 0.168. The Morgan fingerprint density at radius 3 is 3.00 bits per heavy atom. The van der Waals surface area contributed by atoms with Crippen LogP contribution in [0.5, 0.6) is 0 Å². The molecule has 76 valence electrons. The molecule has 0 amide bonds. The number of hydroxylamine groups is 2. The van der Waals surface area contributed by atoms with Crippen molar-refractivity contribution in [2.45, 2.75) is 25.2 Å². The first-order valence-corrected chi connectivity index (χ1v) is 5.19. The van der Waals surface area contributed by atoms with Gasteiger partial charge in [0.25, 0.3) is 0 Å². The van der Waals surface area contributed by atoms with Crippen LogP contribution in [0.3, 0.4) is 0 Å². The SMILES string of the molecule is NOC1CCN2OS(=O)(=O)OC2C1. The molecule has 2 atom stereocenters. The first-order valence-electron chi connectivity index (χ1n) is 3.86. The topological polar surface area (TPSA) is 91.1 Å². The molecule has 7 nitrogen and oxygen atoms in total. The maximum Gasteiger partial charge on any atom is 0.418 e. The van der Waals surface area contributed by atoms with Gasteiger partial charge in [-0.05, 0) is 6.42 Å². The maximum atomic E-state index is 10.8. The summed E-state index contributed by atoms with van der Waals surface area (Å²) in [5.41, 5.74) is 0. The van der Waals surface area contributed by atoms with E-state index in [1.165, 1.54) is 5.06 Å². The highest BCUT2D eigenvalue weighted by Gasteiger charge is 2.42. The highest BCUT2D eigenvalue weighted by molar-refractivity contribution is 7.82. The number of fused-ring (bicyclic) bond motifs is 1. The van der Waals surface area contributed by atoms with E-state index in [1.807, 2.05) is 0 Å². The molecular weight excluding hydrogens is 200 g/mol. The van der Waals surface area contributed by atoms with Gasteiger partial charge < -0.3 is 4.84 Å². The molecule has 13 heavy (non-hydrogen) atoms. The van der Waals surface area contributed by atoms with Crippen molar-refractivity contribution in [2.75, 3.05) is 6.54 Å². The molecule has 0 saturated carbocycles. The van der Waals surface area contributed by atoms with Crippen molar-refractivity contribution in [3.63, 3.8) is 0 Å². The van der Waals surface area contributed by atoms with Crippen LogP contribution >= 0.6 is 0 Å². The van der Waals surface area contributed by atoms with Gasteiger partial charge in [0.05, 0.1) is 6.10 Å².